The summed E-state index contributed by atoms with van der Waals surface area (Å²) in [4.78, 5) is 0. The Kier molecular flexibility index (Phi) is 4.19. The molecule has 3 heteroatoms. The van der Waals surface area contributed by atoms with E-state index in [1.165, 1.54) is 0 Å². The molecule has 0 heterocycles. The van der Waals surface area contributed by atoms with E-state index in [-0.39, 0.29) is 0 Å². The third kappa shape index (κ3) is 3.33. The van der Waals surface area contributed by atoms with Gasteiger partial charge in [-0.3, -0.25) is 0 Å². The van der Waals surface area contributed by atoms with Crippen molar-refractivity contribution in [3.8, 4) is 0 Å². The van der Waals surface area contributed by atoms with Crippen LogP contribution in [-0.2, 0) is 6.42 Å². The smallest absolute Gasteiger partial charge is 0.117 e. The zero-order chi connectivity index (χ0) is 9.68. The monoisotopic (exact) mass is 201 g/mol. The molecule has 0 spiro atoms. The van der Waals surface area contributed by atoms with Crippen LogP contribution in [-0.4, -0.2) is 19.8 Å². The third-order valence-electron chi connectivity index (χ3n) is 1.82. The highest BCUT2D eigenvalue weighted by Crippen LogP contribution is 2.17. The Labute approximate surface area is 82.9 Å². The van der Waals surface area contributed by atoms with Gasteiger partial charge in [-0.2, -0.15) is 0 Å². The van der Waals surface area contributed by atoms with Crippen LogP contribution >= 0.6 is 11.6 Å². The Bertz CT molecular complexity index is 265. The average molecular weight is 202 g/mol. The van der Waals surface area contributed by atoms with E-state index in [0.29, 0.717) is 18.0 Å². The lowest BCUT2D eigenvalue weighted by Crippen LogP contribution is -2.21. The van der Waals surface area contributed by atoms with Gasteiger partial charge in [-0.1, -0.05) is 29.8 Å². The Balaban J connectivity index is 2.58. The normalized spacial score (nSPS) is 12.8. The molecule has 72 valence electrons. The van der Waals surface area contributed by atoms with E-state index >= 15 is 0 Å². The Morgan fingerprint density at radius 3 is 2.77 bits per heavy atom. The van der Waals surface area contributed by atoms with E-state index in [2.05, 4.69) is 5.32 Å². The molecule has 0 aliphatic carbocycles. The van der Waals surface area contributed by atoms with E-state index in [1.807, 2.05) is 18.2 Å². The fourth-order valence-corrected chi connectivity index (χ4v) is 1.41. The van der Waals surface area contributed by atoms with Gasteiger partial charge in [0.1, 0.15) is 6.17 Å². The lowest BCUT2D eigenvalue weighted by atomic mass is 10.1. The van der Waals surface area contributed by atoms with Crippen LogP contribution in [0.2, 0.25) is 5.02 Å². The van der Waals surface area contributed by atoms with Gasteiger partial charge < -0.3 is 5.32 Å². The third-order valence-corrected chi connectivity index (χ3v) is 2.19. The molecule has 0 aromatic heterocycles. The van der Waals surface area contributed by atoms with E-state index in [9.17, 15) is 4.39 Å². The highest BCUT2D eigenvalue weighted by atomic mass is 35.5. The Morgan fingerprint density at radius 2 is 2.15 bits per heavy atom. The minimum atomic E-state index is -0.870. The average Bonchev–Trinajstić information content (AvgIpc) is 2.09. The van der Waals surface area contributed by atoms with Gasteiger partial charge in [0.25, 0.3) is 0 Å². The number of benzene rings is 1. The maximum absolute atomic E-state index is 13.1. The van der Waals surface area contributed by atoms with Gasteiger partial charge in [0, 0.05) is 18.0 Å². The minimum absolute atomic E-state index is 0.366. The van der Waals surface area contributed by atoms with Crippen molar-refractivity contribution in [2.75, 3.05) is 13.6 Å². The molecule has 1 unspecified atom stereocenters. The summed E-state index contributed by atoms with van der Waals surface area (Å²) in [6.45, 7) is 0.366. The molecule has 0 aliphatic rings. The van der Waals surface area contributed by atoms with Crippen LogP contribution in [0.3, 0.4) is 0 Å². The molecule has 0 amide bonds. The molecular formula is C10H13ClFN. The molecule has 1 aromatic rings. The number of rotatable bonds is 4. The van der Waals surface area contributed by atoms with E-state index in [4.69, 9.17) is 11.6 Å². The first-order chi connectivity index (χ1) is 6.24. The van der Waals surface area contributed by atoms with E-state index in [1.54, 1.807) is 13.1 Å². The fourth-order valence-electron chi connectivity index (χ4n) is 1.20. The zero-order valence-electron chi connectivity index (χ0n) is 7.56. The van der Waals surface area contributed by atoms with Crippen LogP contribution in [0.25, 0.3) is 0 Å². The highest BCUT2D eigenvalue weighted by Gasteiger charge is 2.08. The molecule has 1 aromatic carbocycles. The topological polar surface area (TPSA) is 12.0 Å². The largest absolute Gasteiger partial charge is 0.317 e. The first kappa shape index (κ1) is 10.5. The van der Waals surface area contributed by atoms with Crippen molar-refractivity contribution in [3.05, 3.63) is 34.9 Å². The quantitative estimate of drug-likeness (QED) is 0.789. The van der Waals surface area contributed by atoms with E-state index < -0.39 is 6.17 Å². The lowest BCUT2D eigenvalue weighted by Gasteiger charge is -2.08. The molecule has 13 heavy (non-hydrogen) atoms. The van der Waals surface area contributed by atoms with Crippen molar-refractivity contribution < 1.29 is 4.39 Å². The summed E-state index contributed by atoms with van der Waals surface area (Å²) >= 11 is 5.88. The van der Waals surface area contributed by atoms with E-state index in [0.717, 1.165) is 5.56 Å². The number of hydrogen-bond acceptors (Lipinski definition) is 1. The van der Waals surface area contributed by atoms with Gasteiger partial charge in [0.05, 0.1) is 0 Å². The molecule has 1 nitrogen and oxygen atoms in total. The summed E-state index contributed by atoms with van der Waals surface area (Å²) in [5, 5.41) is 3.43. The molecule has 1 rings (SSSR count). The molecule has 0 radical (unpaired) electrons. The Hall–Kier alpha value is -0.600. The van der Waals surface area contributed by atoms with Gasteiger partial charge in [-0.15, -0.1) is 0 Å². The van der Waals surface area contributed by atoms with Crippen LogP contribution in [0.15, 0.2) is 24.3 Å². The first-order valence-electron chi connectivity index (χ1n) is 4.26. The van der Waals surface area contributed by atoms with Gasteiger partial charge in [0.2, 0.25) is 0 Å². The molecule has 0 saturated heterocycles. The first-order valence-corrected chi connectivity index (χ1v) is 4.64. The van der Waals surface area contributed by atoms with Crippen molar-refractivity contribution in [2.24, 2.45) is 0 Å². The zero-order valence-corrected chi connectivity index (χ0v) is 8.31. The predicted octanol–water partition coefficient (Wildman–Crippen LogP) is 2.44. The van der Waals surface area contributed by atoms with Crippen molar-refractivity contribution >= 4 is 11.6 Å². The summed E-state index contributed by atoms with van der Waals surface area (Å²) in [7, 11) is 1.74. The van der Waals surface area contributed by atoms with Crippen LogP contribution in [0.1, 0.15) is 5.56 Å². The van der Waals surface area contributed by atoms with Crippen LogP contribution in [0.4, 0.5) is 4.39 Å². The summed E-state index contributed by atoms with van der Waals surface area (Å²) in [5.41, 5.74) is 0.868. The second kappa shape index (κ2) is 5.20. The van der Waals surface area contributed by atoms with Gasteiger partial charge in [-0.25, -0.2) is 4.39 Å². The number of halogens is 2. The lowest BCUT2D eigenvalue weighted by molar-refractivity contribution is 0.324. The van der Waals surface area contributed by atoms with Gasteiger partial charge in [0.15, 0.2) is 0 Å². The molecule has 1 N–H and O–H groups in total. The summed E-state index contributed by atoms with van der Waals surface area (Å²) < 4.78 is 13.1. The second-order valence-electron chi connectivity index (χ2n) is 2.95. The highest BCUT2D eigenvalue weighted by molar-refractivity contribution is 6.31. The van der Waals surface area contributed by atoms with Crippen molar-refractivity contribution in [1.29, 1.82) is 0 Å². The van der Waals surface area contributed by atoms with Crippen LogP contribution < -0.4 is 5.32 Å². The fraction of sp³-hybridized carbons (Fsp3) is 0.400. The maximum atomic E-state index is 13.1. The standard InChI is InChI=1S/C10H13ClFN/c1-13-7-9(12)6-8-4-2-3-5-10(8)11/h2-5,9,13H,6-7H2,1H3. The Morgan fingerprint density at radius 1 is 1.46 bits per heavy atom. The molecule has 0 aliphatic heterocycles. The molecule has 0 fully saturated rings. The molecular weight excluding hydrogens is 189 g/mol. The predicted molar refractivity (Wildman–Crippen MR) is 54.0 cm³/mol. The van der Waals surface area contributed by atoms with Crippen molar-refractivity contribution in [2.45, 2.75) is 12.6 Å². The van der Waals surface area contributed by atoms with Crippen molar-refractivity contribution in [3.63, 3.8) is 0 Å². The second-order valence-corrected chi connectivity index (χ2v) is 3.36. The molecule has 0 bridgehead atoms. The number of nitrogens with one attached hydrogen (secondary N) is 1. The summed E-state index contributed by atoms with van der Waals surface area (Å²) in [6, 6.07) is 7.35. The van der Waals surface area contributed by atoms with Crippen LogP contribution in [0, 0.1) is 0 Å². The maximum Gasteiger partial charge on any atom is 0.117 e. The summed E-state index contributed by atoms with van der Waals surface area (Å²) in [5.74, 6) is 0. The van der Waals surface area contributed by atoms with Gasteiger partial charge in [-0.05, 0) is 18.7 Å². The van der Waals surface area contributed by atoms with Gasteiger partial charge >= 0.3 is 0 Å². The summed E-state index contributed by atoms with van der Waals surface area (Å²) in [6.07, 6.45) is -0.495. The minimum Gasteiger partial charge on any atom is -0.317 e. The van der Waals surface area contributed by atoms with Crippen molar-refractivity contribution in [1.82, 2.24) is 5.32 Å². The SMILES string of the molecule is CNCC(F)Cc1ccccc1Cl. The molecule has 0 saturated carbocycles. The van der Waals surface area contributed by atoms with Crippen LogP contribution in [0.5, 0.6) is 0 Å². The number of hydrogen-bond donors (Lipinski definition) is 1. The number of alkyl halides is 1. The molecule has 1 atom stereocenters.